The molecule has 0 aliphatic heterocycles. The average molecular weight is 504 g/mol. The lowest BCUT2D eigenvalue weighted by Gasteiger charge is -2.22. The Kier molecular flexibility index (Phi) is 9.65. The van der Waals surface area contributed by atoms with E-state index in [0.717, 1.165) is 22.2 Å². The maximum atomic E-state index is 12.0. The summed E-state index contributed by atoms with van der Waals surface area (Å²) >= 11 is 6.05. The fourth-order valence-electron chi connectivity index (χ4n) is 2.69. The van der Waals surface area contributed by atoms with E-state index >= 15 is 0 Å². The molecule has 0 fully saturated rings. The zero-order chi connectivity index (χ0) is 19.1. The number of carbonyl (C=O) groups excluding carboxylic acids is 1. The van der Waals surface area contributed by atoms with Crippen LogP contribution in [0, 0.1) is 0 Å². The van der Waals surface area contributed by atoms with Crippen molar-refractivity contribution in [2.24, 2.45) is 12.0 Å². The molecule has 0 spiro atoms. The molecule has 2 rings (SSSR count). The maximum absolute atomic E-state index is 12.0. The molecule has 1 aromatic carbocycles. The van der Waals surface area contributed by atoms with Crippen molar-refractivity contribution in [3.8, 4) is 0 Å². The molecule has 2 N–H and O–H groups in total. The summed E-state index contributed by atoms with van der Waals surface area (Å²) in [6.07, 6.45) is 1.88. The number of benzene rings is 1. The largest absolute Gasteiger partial charge is 0.352 e. The quantitative estimate of drug-likeness (QED) is 0.361. The predicted molar refractivity (Wildman–Crippen MR) is 122 cm³/mol. The van der Waals surface area contributed by atoms with Crippen LogP contribution in [-0.4, -0.2) is 42.0 Å². The Morgan fingerprint density at radius 1 is 1.30 bits per heavy atom. The first kappa shape index (κ1) is 23.3. The van der Waals surface area contributed by atoms with Crippen LogP contribution in [0.1, 0.15) is 28.5 Å². The van der Waals surface area contributed by atoms with E-state index in [-0.39, 0.29) is 29.9 Å². The van der Waals surface area contributed by atoms with Gasteiger partial charge in [-0.05, 0) is 30.7 Å². The van der Waals surface area contributed by atoms with Gasteiger partial charge >= 0.3 is 0 Å². The highest BCUT2D eigenvalue weighted by Gasteiger charge is 2.10. The molecular weight excluding hydrogens is 477 g/mol. The minimum Gasteiger partial charge on any atom is -0.352 e. The number of halogens is 2. The van der Waals surface area contributed by atoms with Crippen LogP contribution in [0.15, 0.2) is 41.5 Å². The monoisotopic (exact) mass is 503 g/mol. The number of aryl methyl sites for hydroxylation is 1. The van der Waals surface area contributed by atoms with Crippen molar-refractivity contribution in [3.05, 3.63) is 58.4 Å². The summed E-state index contributed by atoms with van der Waals surface area (Å²) in [5.74, 6) is 0.710. The third-order valence-electron chi connectivity index (χ3n) is 4.02. The lowest BCUT2D eigenvalue weighted by molar-refractivity contribution is 0.0955. The van der Waals surface area contributed by atoms with E-state index in [0.29, 0.717) is 25.2 Å². The minimum atomic E-state index is -0.0589. The van der Waals surface area contributed by atoms with E-state index in [2.05, 4.69) is 15.6 Å². The number of amides is 1. The number of aliphatic imine (C=N–C) groups is 1. The van der Waals surface area contributed by atoms with Gasteiger partial charge in [0.1, 0.15) is 0 Å². The number of hydrogen-bond acceptors (Lipinski definition) is 2. The van der Waals surface area contributed by atoms with Gasteiger partial charge in [-0.3, -0.25) is 9.79 Å². The van der Waals surface area contributed by atoms with Gasteiger partial charge in [-0.15, -0.1) is 24.0 Å². The molecule has 1 heterocycles. The summed E-state index contributed by atoms with van der Waals surface area (Å²) in [5.41, 5.74) is 2.77. The van der Waals surface area contributed by atoms with Gasteiger partial charge in [0.15, 0.2) is 5.96 Å². The van der Waals surface area contributed by atoms with Crippen molar-refractivity contribution in [3.63, 3.8) is 0 Å². The molecule has 1 amide bonds. The third-order valence-corrected chi connectivity index (χ3v) is 4.23. The van der Waals surface area contributed by atoms with Crippen LogP contribution >= 0.6 is 35.6 Å². The van der Waals surface area contributed by atoms with Gasteiger partial charge in [-0.2, -0.15) is 0 Å². The Labute approximate surface area is 183 Å². The molecule has 0 saturated carbocycles. The Balaban J connectivity index is 0.00000364. The average Bonchev–Trinajstić information content (AvgIpc) is 2.93. The molecule has 0 unspecified atom stereocenters. The molecule has 0 aliphatic carbocycles. The van der Waals surface area contributed by atoms with Crippen LogP contribution in [0.5, 0.6) is 0 Å². The summed E-state index contributed by atoms with van der Waals surface area (Å²) in [5, 5.41) is 6.87. The van der Waals surface area contributed by atoms with Crippen LogP contribution < -0.4 is 10.6 Å². The molecule has 0 radical (unpaired) electrons. The summed E-state index contributed by atoms with van der Waals surface area (Å²) < 4.78 is 2.00. The smallest absolute Gasteiger partial charge is 0.251 e. The number of hydrogen-bond donors (Lipinski definition) is 2. The number of nitrogens with zero attached hydrogens (tertiary/aromatic N) is 3. The fraction of sp³-hybridized carbons (Fsp3) is 0.368. The van der Waals surface area contributed by atoms with Crippen molar-refractivity contribution in [1.82, 2.24) is 20.1 Å². The Morgan fingerprint density at radius 3 is 2.63 bits per heavy atom. The Bertz CT molecular complexity index is 790. The van der Waals surface area contributed by atoms with Gasteiger partial charge in [0.2, 0.25) is 0 Å². The molecule has 0 atom stereocenters. The van der Waals surface area contributed by atoms with E-state index in [1.807, 2.05) is 67.0 Å². The van der Waals surface area contributed by atoms with Gasteiger partial charge in [0, 0.05) is 51.7 Å². The number of carbonyl (C=O) groups is 1. The van der Waals surface area contributed by atoms with Crippen molar-refractivity contribution >= 4 is 47.4 Å². The molecule has 27 heavy (non-hydrogen) atoms. The minimum absolute atomic E-state index is 0. The predicted octanol–water partition coefficient (Wildman–Crippen LogP) is 3.25. The lowest BCUT2D eigenvalue weighted by atomic mass is 10.1. The highest BCUT2D eigenvalue weighted by Crippen LogP contribution is 2.14. The van der Waals surface area contributed by atoms with E-state index in [1.54, 1.807) is 7.05 Å². The second kappa shape index (κ2) is 11.2. The Hall–Kier alpha value is -1.74. The van der Waals surface area contributed by atoms with E-state index in [4.69, 9.17) is 11.6 Å². The SMILES string of the molecule is CCNC(=O)c1cccc(CNC(=NC)N(C)Cc2cc(Cl)cn2C)c1.I. The van der Waals surface area contributed by atoms with Gasteiger partial charge in [0.25, 0.3) is 5.91 Å². The van der Waals surface area contributed by atoms with E-state index in [1.165, 1.54) is 0 Å². The first-order valence-corrected chi connectivity index (χ1v) is 8.92. The second-order valence-electron chi connectivity index (χ2n) is 6.08. The van der Waals surface area contributed by atoms with E-state index in [9.17, 15) is 4.79 Å². The molecule has 8 heteroatoms. The molecule has 2 aromatic rings. The number of guanidine groups is 1. The fourth-order valence-corrected chi connectivity index (χ4v) is 2.96. The number of aromatic nitrogens is 1. The maximum Gasteiger partial charge on any atom is 0.251 e. The highest BCUT2D eigenvalue weighted by molar-refractivity contribution is 14.0. The van der Waals surface area contributed by atoms with Gasteiger partial charge < -0.3 is 20.1 Å². The standard InChI is InChI=1S/C19H26ClN5O.HI/c1-5-22-18(26)15-8-6-7-14(9-15)11-23-19(21-2)25(4)13-17-10-16(20)12-24(17)3;/h6-10,12H,5,11,13H2,1-4H3,(H,21,23)(H,22,26);1H. The zero-order valence-electron chi connectivity index (χ0n) is 16.1. The van der Waals surface area contributed by atoms with Crippen LogP contribution in [0.4, 0.5) is 0 Å². The van der Waals surface area contributed by atoms with Crippen molar-refractivity contribution < 1.29 is 4.79 Å². The zero-order valence-corrected chi connectivity index (χ0v) is 19.2. The molecule has 0 saturated heterocycles. The normalized spacial score (nSPS) is 10.9. The molecule has 0 bridgehead atoms. The third kappa shape index (κ3) is 6.73. The molecule has 1 aromatic heterocycles. The molecule has 148 valence electrons. The second-order valence-corrected chi connectivity index (χ2v) is 6.51. The summed E-state index contributed by atoms with van der Waals surface area (Å²) in [7, 11) is 5.70. The highest BCUT2D eigenvalue weighted by atomic mass is 127. The molecular formula is C19H27ClIN5O. The Morgan fingerprint density at radius 2 is 2.04 bits per heavy atom. The van der Waals surface area contributed by atoms with Crippen LogP contribution in [0.2, 0.25) is 5.02 Å². The topological polar surface area (TPSA) is 61.7 Å². The van der Waals surface area contributed by atoms with Crippen molar-refractivity contribution in [1.29, 1.82) is 0 Å². The first-order chi connectivity index (χ1) is 12.4. The first-order valence-electron chi connectivity index (χ1n) is 8.54. The van der Waals surface area contributed by atoms with E-state index < -0.39 is 0 Å². The lowest BCUT2D eigenvalue weighted by Crippen LogP contribution is -2.38. The van der Waals surface area contributed by atoms with Crippen LogP contribution in [-0.2, 0) is 20.1 Å². The molecule has 6 nitrogen and oxygen atoms in total. The van der Waals surface area contributed by atoms with Crippen LogP contribution in [0.25, 0.3) is 0 Å². The summed E-state index contributed by atoms with van der Waals surface area (Å²) in [6, 6.07) is 9.53. The summed E-state index contributed by atoms with van der Waals surface area (Å²) in [6.45, 7) is 3.78. The number of nitrogens with one attached hydrogen (secondary N) is 2. The van der Waals surface area contributed by atoms with Crippen molar-refractivity contribution in [2.45, 2.75) is 20.0 Å². The van der Waals surface area contributed by atoms with Gasteiger partial charge in [-0.1, -0.05) is 23.7 Å². The summed E-state index contributed by atoms with van der Waals surface area (Å²) in [4.78, 5) is 18.3. The van der Waals surface area contributed by atoms with Crippen LogP contribution in [0.3, 0.4) is 0 Å². The number of rotatable bonds is 6. The van der Waals surface area contributed by atoms with Gasteiger partial charge in [0.05, 0.1) is 11.6 Å². The molecule has 0 aliphatic rings. The van der Waals surface area contributed by atoms with Gasteiger partial charge in [-0.25, -0.2) is 0 Å². The van der Waals surface area contributed by atoms with Crippen molar-refractivity contribution in [2.75, 3.05) is 20.6 Å².